The van der Waals surface area contributed by atoms with Crippen molar-refractivity contribution in [1.29, 1.82) is 0 Å². The molecule has 0 heterocycles. The smallest absolute Gasteiger partial charge is 0.395 e. The minimum absolute atomic E-state index is 0.713. The number of hydrogen-bond acceptors (Lipinski definition) is 2. The third-order valence-corrected chi connectivity index (χ3v) is 5.90. The van der Waals surface area contributed by atoms with Gasteiger partial charge < -0.3 is 4.74 Å². The van der Waals surface area contributed by atoms with Crippen molar-refractivity contribution in [1.82, 2.24) is 0 Å². The first kappa shape index (κ1) is 32.9. The lowest BCUT2D eigenvalue weighted by Crippen LogP contribution is -2.75. The van der Waals surface area contributed by atoms with Crippen LogP contribution in [-0.4, -0.2) is 62.2 Å². The molecule has 21 heteroatoms. The fourth-order valence-corrected chi connectivity index (χ4v) is 2.83. The summed E-state index contributed by atoms with van der Waals surface area (Å²) in [5.74, 6) is -32.6. The number of esters is 1. The van der Waals surface area contributed by atoms with Gasteiger partial charge in [-0.1, -0.05) is 46.4 Å². The van der Waals surface area contributed by atoms with Gasteiger partial charge in [0, 0.05) is 0 Å². The molecule has 0 aliphatic rings. The van der Waals surface area contributed by atoms with E-state index in [4.69, 9.17) is 0 Å². The minimum Gasteiger partial charge on any atom is -0.461 e. The summed E-state index contributed by atoms with van der Waals surface area (Å²) in [4.78, 5) is 11.0. The molecule has 0 saturated carbocycles. The molecule has 4 unspecified atom stereocenters. The van der Waals surface area contributed by atoms with E-state index in [1.165, 1.54) is 0 Å². The van der Waals surface area contributed by atoms with Gasteiger partial charge in [0.15, 0.2) is 0 Å². The zero-order chi connectivity index (χ0) is 27.5. The fourth-order valence-electron chi connectivity index (χ4n) is 1.71. The molecule has 0 aromatic carbocycles. The average Bonchev–Trinajstić information content (AvgIpc) is 2.59. The van der Waals surface area contributed by atoms with Crippen LogP contribution in [0.15, 0.2) is 0 Å². The Morgan fingerprint density at radius 3 is 1.12 bits per heavy atom. The van der Waals surface area contributed by atoms with Crippen LogP contribution in [-0.2, 0) is 9.53 Å². The molecule has 0 aromatic heterocycles. The first-order chi connectivity index (χ1) is 14.0. The summed E-state index contributed by atoms with van der Waals surface area (Å²) in [5, 5.41) is -34.1. The second kappa shape index (κ2) is 8.80. The van der Waals surface area contributed by atoms with Crippen molar-refractivity contribution < 1.29 is 71.0 Å². The summed E-state index contributed by atoms with van der Waals surface area (Å²) in [5.41, 5.74) is 0. The Kier molecular flexibility index (Phi) is 8.79. The number of alkyl halides is 19. The topological polar surface area (TPSA) is 26.3 Å². The van der Waals surface area contributed by atoms with Crippen molar-refractivity contribution in [3.05, 3.63) is 0 Å². The maximum atomic E-state index is 14.2. The summed E-state index contributed by atoms with van der Waals surface area (Å²) < 4.78 is 196. The highest BCUT2D eigenvalue weighted by Crippen LogP contribution is 2.67. The number of carbonyl (C=O) groups excluding carboxylic acids is 1. The van der Waals surface area contributed by atoms with Crippen molar-refractivity contribution in [3.63, 3.8) is 0 Å². The molecule has 0 radical (unpaired) electrons. The maximum absolute atomic E-state index is 14.2. The van der Waals surface area contributed by atoms with Crippen molar-refractivity contribution in [2.45, 2.75) is 56.5 Å². The average molecular weight is 624 g/mol. The lowest BCUT2D eigenvalue weighted by atomic mass is 9.91. The Balaban J connectivity index is 6.92. The highest BCUT2D eigenvalue weighted by molar-refractivity contribution is 6.35. The van der Waals surface area contributed by atoms with Crippen molar-refractivity contribution in [2.75, 3.05) is 6.61 Å². The minimum atomic E-state index is -7.73. The maximum Gasteiger partial charge on any atom is 0.395 e. The van der Waals surface area contributed by atoms with Crippen LogP contribution in [0.4, 0.5) is 61.5 Å². The molecule has 0 aliphatic carbocycles. The Morgan fingerprint density at radius 2 is 0.848 bits per heavy atom. The third-order valence-electron chi connectivity index (χ3n) is 3.65. The number of hydrogen-bond donors (Lipinski definition) is 0. The number of rotatable bonds is 10. The van der Waals surface area contributed by atoms with E-state index in [1.54, 1.807) is 0 Å². The van der Waals surface area contributed by atoms with Crippen LogP contribution in [0.1, 0.15) is 6.92 Å². The molecular formula is C12H5Cl5F14O2. The van der Waals surface area contributed by atoms with E-state index in [0.717, 1.165) is 0 Å². The lowest BCUT2D eigenvalue weighted by Gasteiger charge is -2.46. The van der Waals surface area contributed by atoms with Gasteiger partial charge in [-0.15, -0.1) is 0 Å². The van der Waals surface area contributed by atoms with Crippen LogP contribution in [0.3, 0.4) is 0 Å². The quantitative estimate of drug-likeness (QED) is 0.143. The Labute approximate surface area is 198 Å². The molecule has 4 atom stereocenters. The van der Waals surface area contributed by atoms with Gasteiger partial charge in [-0.25, -0.2) is 22.4 Å². The van der Waals surface area contributed by atoms with Crippen LogP contribution in [0.5, 0.6) is 0 Å². The van der Waals surface area contributed by atoms with Crippen molar-refractivity contribution >= 4 is 64.0 Å². The van der Waals surface area contributed by atoms with Crippen molar-refractivity contribution in [2.24, 2.45) is 0 Å². The van der Waals surface area contributed by atoms with E-state index >= 15 is 0 Å². The first-order valence-corrected chi connectivity index (χ1v) is 9.13. The van der Waals surface area contributed by atoms with Crippen LogP contribution in [0, 0.1) is 0 Å². The molecule has 0 bridgehead atoms. The summed E-state index contributed by atoms with van der Waals surface area (Å²) in [6.07, 6.45) is 0. The Morgan fingerprint density at radius 1 is 0.576 bits per heavy atom. The largest absolute Gasteiger partial charge is 0.461 e. The van der Waals surface area contributed by atoms with Gasteiger partial charge >= 0.3 is 55.6 Å². The third kappa shape index (κ3) is 4.37. The summed E-state index contributed by atoms with van der Waals surface area (Å²) in [6.45, 7) is -0.419. The van der Waals surface area contributed by atoms with Crippen LogP contribution in [0.2, 0.25) is 0 Å². The van der Waals surface area contributed by atoms with Gasteiger partial charge in [0.05, 0.1) is 6.61 Å². The number of carbonyl (C=O) groups is 1. The van der Waals surface area contributed by atoms with Crippen LogP contribution >= 0.6 is 58.0 Å². The van der Waals surface area contributed by atoms with Crippen LogP contribution in [0.25, 0.3) is 0 Å². The Hall–Kier alpha value is -0.0600. The first-order valence-electron chi connectivity index (χ1n) is 7.24. The molecule has 0 aliphatic heterocycles. The highest BCUT2D eigenvalue weighted by atomic mass is 35.5. The van der Waals surface area contributed by atoms with Gasteiger partial charge in [-0.05, 0) is 18.5 Å². The van der Waals surface area contributed by atoms with Gasteiger partial charge in [-0.2, -0.15) is 43.9 Å². The zero-order valence-electron chi connectivity index (χ0n) is 14.7. The van der Waals surface area contributed by atoms with Gasteiger partial charge in [0.2, 0.25) is 0 Å². The standard InChI is InChI=1S/C12H5Cl5F14O2/c1-2-33-3(32)4(18,19)5(13,20)9(24,25)6(14,21)10(26,27)7(15,22)11(28,29)8(16,23)12(17,30)31/h2H2,1H3. The van der Waals surface area contributed by atoms with Gasteiger partial charge in [0.25, 0.3) is 0 Å². The molecule has 0 aromatic rings. The van der Waals surface area contributed by atoms with E-state index in [-0.39, 0.29) is 0 Å². The van der Waals surface area contributed by atoms with E-state index in [1.807, 2.05) is 0 Å². The van der Waals surface area contributed by atoms with E-state index in [9.17, 15) is 66.3 Å². The van der Waals surface area contributed by atoms with Crippen molar-refractivity contribution in [3.8, 4) is 0 Å². The summed E-state index contributed by atoms with van der Waals surface area (Å²) >= 11 is 19.5. The molecule has 0 spiro atoms. The fraction of sp³-hybridized carbons (Fsp3) is 0.917. The normalized spacial score (nSPS) is 21.9. The molecule has 0 N–H and O–H groups in total. The number of halogens is 19. The molecule has 0 amide bonds. The highest BCUT2D eigenvalue weighted by Gasteiger charge is 2.93. The zero-order valence-corrected chi connectivity index (χ0v) is 18.5. The summed E-state index contributed by atoms with van der Waals surface area (Å²) in [6, 6.07) is 0. The lowest BCUT2D eigenvalue weighted by molar-refractivity contribution is -0.327. The molecule has 33 heavy (non-hydrogen) atoms. The second-order valence-corrected chi connectivity index (χ2v) is 8.37. The van der Waals surface area contributed by atoms with E-state index in [0.29, 0.717) is 6.92 Å². The molecular weight excluding hydrogens is 619 g/mol. The molecule has 0 rings (SSSR count). The van der Waals surface area contributed by atoms with Gasteiger partial charge in [0.1, 0.15) is 0 Å². The molecule has 0 fully saturated rings. The van der Waals surface area contributed by atoms with Gasteiger partial charge in [-0.3, -0.25) is 0 Å². The number of ether oxygens (including phenoxy) is 1. The van der Waals surface area contributed by atoms with E-state index < -0.39 is 62.2 Å². The summed E-state index contributed by atoms with van der Waals surface area (Å²) in [7, 11) is 0. The monoisotopic (exact) mass is 622 g/mol. The Bertz CT molecular complexity index is 749. The predicted octanol–water partition coefficient (Wildman–Crippen LogP) is 7.54. The predicted molar refractivity (Wildman–Crippen MR) is 86.0 cm³/mol. The van der Waals surface area contributed by atoms with Crippen LogP contribution < -0.4 is 0 Å². The second-order valence-electron chi connectivity index (χ2n) is 5.81. The molecule has 0 saturated heterocycles. The molecule has 2 nitrogen and oxygen atoms in total. The van der Waals surface area contributed by atoms with E-state index in [2.05, 4.69) is 62.7 Å². The molecule has 198 valence electrons. The SMILES string of the molecule is CCOC(=O)C(F)(F)C(F)(Cl)C(F)(F)C(F)(Cl)C(F)(F)C(F)(Cl)C(F)(F)C(F)(Cl)C(F)(F)Cl.